The van der Waals surface area contributed by atoms with Gasteiger partial charge in [0.05, 0.1) is 17.2 Å². The summed E-state index contributed by atoms with van der Waals surface area (Å²) in [5, 5.41) is 3.05. The normalized spacial score (nSPS) is 14.5. The molecule has 2 amide bonds. The number of sulfonamides is 1. The van der Waals surface area contributed by atoms with Crippen molar-refractivity contribution < 1.29 is 27.1 Å². The minimum absolute atomic E-state index is 0.000875. The lowest BCUT2D eigenvalue weighted by atomic mass is 9.95. The molecule has 3 aromatic rings. The van der Waals surface area contributed by atoms with Gasteiger partial charge in [0.2, 0.25) is 11.8 Å². The Morgan fingerprint density at radius 2 is 1.63 bits per heavy atom. The first-order valence-electron chi connectivity index (χ1n) is 14.8. The lowest BCUT2D eigenvalue weighted by Crippen LogP contribution is -2.53. The van der Waals surface area contributed by atoms with E-state index >= 15 is 0 Å². The zero-order valence-corrected chi connectivity index (χ0v) is 25.8. The second-order valence-electron chi connectivity index (χ2n) is 10.9. The van der Waals surface area contributed by atoms with Crippen LogP contribution in [0.15, 0.2) is 77.7 Å². The van der Waals surface area contributed by atoms with Crippen LogP contribution in [0.3, 0.4) is 0 Å². The first kappa shape index (κ1) is 32.0. The van der Waals surface area contributed by atoms with Crippen LogP contribution in [0, 0.1) is 12.7 Å². The fourth-order valence-corrected chi connectivity index (χ4v) is 6.68. The van der Waals surface area contributed by atoms with Gasteiger partial charge in [-0.3, -0.25) is 13.9 Å². The Bertz CT molecular complexity index is 1510. The van der Waals surface area contributed by atoms with Gasteiger partial charge < -0.3 is 15.0 Å². The molecule has 10 heteroatoms. The second-order valence-corrected chi connectivity index (χ2v) is 12.7. The molecule has 0 saturated heterocycles. The summed E-state index contributed by atoms with van der Waals surface area (Å²) in [6.07, 6.45) is 4.87. The van der Waals surface area contributed by atoms with Crippen molar-refractivity contribution in [1.29, 1.82) is 0 Å². The molecule has 3 aromatic carbocycles. The third-order valence-corrected chi connectivity index (χ3v) is 9.51. The fourth-order valence-electron chi connectivity index (χ4n) is 5.25. The molecule has 1 saturated carbocycles. The monoisotopic (exact) mass is 609 g/mol. The van der Waals surface area contributed by atoms with Gasteiger partial charge in [-0.1, -0.05) is 67.3 Å². The number of carbonyl (C=O) groups is 2. The summed E-state index contributed by atoms with van der Waals surface area (Å²) in [5.74, 6) is -1.25. The number of aryl methyl sites for hydroxylation is 1. The zero-order valence-electron chi connectivity index (χ0n) is 25.0. The van der Waals surface area contributed by atoms with Gasteiger partial charge in [0.15, 0.2) is 0 Å². The van der Waals surface area contributed by atoms with Gasteiger partial charge in [-0.2, -0.15) is 0 Å². The number of halogens is 1. The first-order chi connectivity index (χ1) is 20.6. The van der Waals surface area contributed by atoms with Gasteiger partial charge in [0.25, 0.3) is 10.0 Å². The van der Waals surface area contributed by atoms with E-state index in [4.69, 9.17) is 4.74 Å². The highest BCUT2D eigenvalue weighted by atomic mass is 32.2. The third-order valence-electron chi connectivity index (χ3n) is 7.74. The summed E-state index contributed by atoms with van der Waals surface area (Å²) in [4.78, 5) is 28.8. The molecule has 1 atom stereocenters. The number of amides is 2. The smallest absolute Gasteiger partial charge is 0.264 e. The van der Waals surface area contributed by atoms with Crippen molar-refractivity contribution in [3.8, 4) is 5.75 Å². The molecule has 1 unspecified atom stereocenters. The summed E-state index contributed by atoms with van der Waals surface area (Å²) >= 11 is 0. The maximum atomic E-state index is 14.8. The molecular formula is C33H40FN3O5S. The number of nitrogens with one attached hydrogen (secondary N) is 1. The third kappa shape index (κ3) is 7.93. The van der Waals surface area contributed by atoms with Crippen molar-refractivity contribution in [2.24, 2.45) is 0 Å². The number of para-hydroxylation sites is 2. The summed E-state index contributed by atoms with van der Waals surface area (Å²) in [7, 11) is -4.26. The van der Waals surface area contributed by atoms with Gasteiger partial charge in [0.1, 0.15) is 24.2 Å². The fraction of sp³-hybridized carbons (Fsp3) is 0.394. The second kappa shape index (κ2) is 14.5. The maximum Gasteiger partial charge on any atom is 0.264 e. The topological polar surface area (TPSA) is 96.0 Å². The van der Waals surface area contributed by atoms with Crippen LogP contribution in [0.4, 0.5) is 10.1 Å². The van der Waals surface area contributed by atoms with Crippen LogP contribution in [0.25, 0.3) is 0 Å². The first-order valence-corrected chi connectivity index (χ1v) is 16.2. The summed E-state index contributed by atoms with van der Waals surface area (Å²) in [5.41, 5.74) is 1.28. The van der Waals surface area contributed by atoms with E-state index in [2.05, 4.69) is 5.32 Å². The molecule has 43 heavy (non-hydrogen) atoms. The molecule has 0 aliphatic heterocycles. The molecule has 0 heterocycles. The Kier molecular flexibility index (Phi) is 10.8. The van der Waals surface area contributed by atoms with E-state index in [-0.39, 0.29) is 47.0 Å². The van der Waals surface area contributed by atoms with E-state index in [9.17, 15) is 22.4 Å². The number of hydrogen-bond donors (Lipinski definition) is 1. The van der Waals surface area contributed by atoms with Crippen molar-refractivity contribution in [2.45, 2.75) is 76.4 Å². The minimum Gasteiger partial charge on any atom is -0.492 e. The highest BCUT2D eigenvalue weighted by molar-refractivity contribution is 7.92. The Morgan fingerprint density at radius 3 is 2.30 bits per heavy atom. The van der Waals surface area contributed by atoms with Gasteiger partial charge in [0, 0.05) is 18.2 Å². The highest BCUT2D eigenvalue weighted by Crippen LogP contribution is 2.33. The standard InChI is InChI=1S/C33H40FN3O5S/c1-4-42-31-17-11-10-16-30(31)37(43(40,41)28-20-18-24(2)19-21-28)23-32(38)36(22-26-12-8-9-15-29(26)34)25(3)33(39)35-27-13-6-5-7-14-27/h8-12,15-21,25,27H,4-7,13-14,22-23H2,1-3H3,(H,35,39). The van der Waals surface area contributed by atoms with Crippen LogP contribution in [-0.4, -0.2) is 50.4 Å². The van der Waals surface area contributed by atoms with E-state index < -0.39 is 34.3 Å². The number of carbonyl (C=O) groups excluding carboxylic acids is 2. The Hall–Kier alpha value is -3.92. The summed E-state index contributed by atoms with van der Waals surface area (Å²) in [6.45, 7) is 4.66. The number of benzene rings is 3. The number of rotatable bonds is 12. The molecule has 1 aliphatic carbocycles. The van der Waals surface area contributed by atoms with Crippen molar-refractivity contribution in [1.82, 2.24) is 10.2 Å². The van der Waals surface area contributed by atoms with Crippen LogP contribution in [0.2, 0.25) is 0 Å². The van der Waals surface area contributed by atoms with Crippen molar-refractivity contribution in [3.63, 3.8) is 0 Å². The van der Waals surface area contributed by atoms with E-state index in [0.717, 1.165) is 42.0 Å². The molecule has 8 nitrogen and oxygen atoms in total. The van der Waals surface area contributed by atoms with Crippen molar-refractivity contribution >= 4 is 27.5 Å². The quantitative estimate of drug-likeness (QED) is 0.289. The Labute approximate surface area is 253 Å². The molecule has 1 fully saturated rings. The van der Waals surface area contributed by atoms with Crippen molar-refractivity contribution in [3.05, 3.63) is 89.7 Å². The van der Waals surface area contributed by atoms with E-state index in [1.165, 1.54) is 23.1 Å². The lowest BCUT2D eigenvalue weighted by molar-refractivity contribution is -0.139. The molecule has 1 N–H and O–H groups in total. The number of ether oxygens (including phenoxy) is 1. The average molecular weight is 610 g/mol. The van der Waals surface area contributed by atoms with E-state index in [1.54, 1.807) is 68.4 Å². The Balaban J connectivity index is 1.72. The molecule has 1 aliphatic rings. The van der Waals surface area contributed by atoms with Crippen LogP contribution >= 0.6 is 0 Å². The molecule has 0 bridgehead atoms. The maximum absolute atomic E-state index is 14.8. The van der Waals surface area contributed by atoms with Gasteiger partial charge in [-0.05, 0) is 63.9 Å². The molecule has 230 valence electrons. The number of anilines is 1. The SMILES string of the molecule is CCOc1ccccc1N(CC(=O)N(Cc1ccccc1F)C(C)C(=O)NC1CCCCC1)S(=O)(=O)c1ccc(C)cc1. The zero-order chi connectivity index (χ0) is 31.0. The predicted molar refractivity (Wildman–Crippen MR) is 165 cm³/mol. The largest absolute Gasteiger partial charge is 0.492 e. The number of hydrogen-bond acceptors (Lipinski definition) is 5. The predicted octanol–water partition coefficient (Wildman–Crippen LogP) is 5.59. The average Bonchev–Trinajstić information content (AvgIpc) is 3.00. The van der Waals surface area contributed by atoms with E-state index in [1.807, 2.05) is 6.92 Å². The van der Waals surface area contributed by atoms with Gasteiger partial charge in [-0.25, -0.2) is 12.8 Å². The summed E-state index contributed by atoms with van der Waals surface area (Å²) in [6, 6.07) is 18.0. The molecule has 4 rings (SSSR count). The summed E-state index contributed by atoms with van der Waals surface area (Å²) < 4.78 is 49.7. The number of nitrogens with zero attached hydrogens (tertiary/aromatic N) is 2. The molecule has 0 radical (unpaired) electrons. The minimum atomic E-state index is -4.26. The van der Waals surface area contributed by atoms with Gasteiger partial charge >= 0.3 is 0 Å². The van der Waals surface area contributed by atoms with Crippen molar-refractivity contribution in [2.75, 3.05) is 17.5 Å². The highest BCUT2D eigenvalue weighted by Gasteiger charge is 2.34. The lowest BCUT2D eigenvalue weighted by Gasteiger charge is -2.33. The van der Waals surface area contributed by atoms with Gasteiger partial charge in [-0.15, -0.1) is 0 Å². The Morgan fingerprint density at radius 1 is 0.977 bits per heavy atom. The van der Waals surface area contributed by atoms with Crippen LogP contribution < -0.4 is 14.4 Å². The molecular weight excluding hydrogens is 569 g/mol. The molecule has 0 spiro atoms. The van der Waals surface area contributed by atoms with Crippen LogP contribution in [0.1, 0.15) is 57.1 Å². The molecule has 0 aromatic heterocycles. The van der Waals surface area contributed by atoms with Crippen LogP contribution in [0.5, 0.6) is 5.75 Å². The van der Waals surface area contributed by atoms with Crippen LogP contribution in [-0.2, 0) is 26.2 Å². The van der Waals surface area contributed by atoms with E-state index in [0.29, 0.717) is 0 Å².